The minimum Gasteiger partial charge on any atom is -0.459 e. The summed E-state index contributed by atoms with van der Waals surface area (Å²) in [4.78, 5) is 24.1. The number of anilines is 1. The van der Waals surface area contributed by atoms with E-state index >= 15 is 0 Å². The van der Waals surface area contributed by atoms with Crippen LogP contribution in [0.2, 0.25) is 0 Å². The lowest BCUT2D eigenvalue weighted by atomic mass is 10.1. The summed E-state index contributed by atoms with van der Waals surface area (Å²) in [5.41, 5.74) is 2.58. The van der Waals surface area contributed by atoms with E-state index in [0.717, 1.165) is 15.6 Å². The molecule has 3 N–H and O–H groups in total. The molecule has 3 aromatic rings. The van der Waals surface area contributed by atoms with Crippen molar-refractivity contribution in [3.05, 3.63) is 88.3 Å². The van der Waals surface area contributed by atoms with Crippen molar-refractivity contribution in [2.75, 3.05) is 5.32 Å². The van der Waals surface area contributed by atoms with E-state index in [2.05, 4.69) is 31.9 Å². The van der Waals surface area contributed by atoms with Crippen LogP contribution in [-0.2, 0) is 6.54 Å². The molecule has 3 rings (SSSR count). The Hall–Kier alpha value is -3.06. The summed E-state index contributed by atoms with van der Waals surface area (Å²) < 4.78 is 6.01. The fraction of sp³-hybridized carbons (Fsp3) is 0.143. The lowest BCUT2D eigenvalue weighted by Crippen LogP contribution is -2.36. The van der Waals surface area contributed by atoms with Crippen molar-refractivity contribution in [1.82, 2.24) is 10.6 Å². The molecule has 0 bridgehead atoms. The topological polar surface area (TPSA) is 83.4 Å². The number of hydrogen-bond donors (Lipinski definition) is 3. The lowest BCUT2D eigenvalue weighted by molar-refractivity contribution is 0.0996. The molecule has 0 aliphatic carbocycles. The SMILES string of the molecule is C[C@H](NC(=O)NCc1ccc(NC(=O)c2ccco2)cc1)c1ccccc1Br. The third kappa shape index (κ3) is 5.23. The molecule has 6 nitrogen and oxygen atoms in total. The molecule has 28 heavy (non-hydrogen) atoms. The number of carbonyl (C=O) groups is 2. The van der Waals surface area contributed by atoms with Gasteiger partial charge in [0, 0.05) is 16.7 Å². The van der Waals surface area contributed by atoms with Crippen molar-refractivity contribution in [3.8, 4) is 0 Å². The van der Waals surface area contributed by atoms with Gasteiger partial charge < -0.3 is 20.4 Å². The first-order chi connectivity index (χ1) is 13.5. The second kappa shape index (κ2) is 9.23. The molecule has 0 aliphatic heterocycles. The predicted molar refractivity (Wildman–Crippen MR) is 111 cm³/mol. The first kappa shape index (κ1) is 19.7. The molecule has 0 fully saturated rings. The van der Waals surface area contributed by atoms with Crippen molar-refractivity contribution < 1.29 is 14.0 Å². The smallest absolute Gasteiger partial charge is 0.315 e. The van der Waals surface area contributed by atoms with Crippen LogP contribution in [-0.4, -0.2) is 11.9 Å². The average molecular weight is 442 g/mol. The van der Waals surface area contributed by atoms with Gasteiger partial charge in [-0.25, -0.2) is 4.79 Å². The molecule has 3 amide bonds. The van der Waals surface area contributed by atoms with Crippen molar-refractivity contribution in [3.63, 3.8) is 0 Å². The molecular formula is C21H20BrN3O3. The van der Waals surface area contributed by atoms with E-state index in [1.165, 1.54) is 6.26 Å². The van der Waals surface area contributed by atoms with E-state index in [1.807, 2.05) is 43.3 Å². The van der Waals surface area contributed by atoms with Crippen LogP contribution >= 0.6 is 15.9 Å². The van der Waals surface area contributed by atoms with Crippen LogP contribution in [0, 0.1) is 0 Å². The van der Waals surface area contributed by atoms with Crippen molar-refractivity contribution in [1.29, 1.82) is 0 Å². The summed E-state index contributed by atoms with van der Waals surface area (Å²) >= 11 is 3.49. The number of urea groups is 1. The summed E-state index contributed by atoms with van der Waals surface area (Å²) in [6, 6.07) is 17.9. The van der Waals surface area contributed by atoms with Gasteiger partial charge in [-0.15, -0.1) is 0 Å². The monoisotopic (exact) mass is 441 g/mol. The number of rotatable bonds is 6. The maximum absolute atomic E-state index is 12.2. The molecule has 1 atom stereocenters. The first-order valence-electron chi connectivity index (χ1n) is 8.75. The number of amides is 3. The van der Waals surface area contributed by atoms with Crippen LogP contribution in [0.3, 0.4) is 0 Å². The average Bonchev–Trinajstić information content (AvgIpc) is 3.23. The molecule has 0 saturated carbocycles. The van der Waals surface area contributed by atoms with E-state index in [9.17, 15) is 9.59 Å². The van der Waals surface area contributed by atoms with Crippen LogP contribution < -0.4 is 16.0 Å². The van der Waals surface area contributed by atoms with Crippen LogP contribution in [0.15, 0.2) is 75.8 Å². The van der Waals surface area contributed by atoms with Gasteiger partial charge in [-0.1, -0.05) is 46.3 Å². The summed E-state index contributed by atoms with van der Waals surface area (Å²) in [5.74, 6) is -0.0575. The highest BCUT2D eigenvalue weighted by atomic mass is 79.9. The van der Waals surface area contributed by atoms with Crippen LogP contribution in [0.4, 0.5) is 10.5 Å². The Kier molecular flexibility index (Phi) is 6.49. The molecule has 0 spiro atoms. The minimum atomic E-state index is -0.309. The maximum Gasteiger partial charge on any atom is 0.315 e. The quantitative estimate of drug-likeness (QED) is 0.510. The van der Waals surface area contributed by atoms with Gasteiger partial charge in [0.2, 0.25) is 0 Å². The summed E-state index contributed by atoms with van der Waals surface area (Å²) in [6.45, 7) is 2.30. The number of furan rings is 1. The van der Waals surface area contributed by atoms with Gasteiger partial charge in [-0.2, -0.15) is 0 Å². The Morgan fingerprint density at radius 2 is 1.79 bits per heavy atom. The highest BCUT2D eigenvalue weighted by Gasteiger charge is 2.12. The molecule has 144 valence electrons. The Labute approximate surface area is 171 Å². The molecule has 7 heteroatoms. The number of halogens is 1. The highest BCUT2D eigenvalue weighted by Crippen LogP contribution is 2.22. The zero-order valence-corrected chi connectivity index (χ0v) is 16.8. The molecule has 1 heterocycles. The molecule has 0 radical (unpaired) electrons. The first-order valence-corrected chi connectivity index (χ1v) is 9.55. The number of benzene rings is 2. The van der Waals surface area contributed by atoms with Gasteiger partial charge in [0.05, 0.1) is 12.3 Å². The number of hydrogen-bond acceptors (Lipinski definition) is 3. The minimum absolute atomic E-state index is 0.130. The maximum atomic E-state index is 12.2. The Balaban J connectivity index is 1.48. The van der Waals surface area contributed by atoms with Crippen LogP contribution in [0.5, 0.6) is 0 Å². The van der Waals surface area contributed by atoms with Gasteiger partial charge in [0.1, 0.15) is 0 Å². The molecule has 2 aromatic carbocycles. The fourth-order valence-electron chi connectivity index (χ4n) is 2.64. The molecular weight excluding hydrogens is 422 g/mol. The standard InChI is InChI=1S/C21H20BrN3O3/c1-14(17-5-2-3-6-18(17)22)24-21(27)23-13-15-8-10-16(11-9-15)25-20(26)19-7-4-12-28-19/h2-12,14H,13H2,1H3,(H,25,26)(H2,23,24,27)/t14-/m0/s1. The predicted octanol–water partition coefficient (Wildman–Crippen LogP) is 4.85. The second-order valence-corrected chi connectivity index (χ2v) is 7.05. The van der Waals surface area contributed by atoms with Gasteiger partial charge in [0.15, 0.2) is 5.76 Å². The molecule has 0 aliphatic rings. The van der Waals surface area contributed by atoms with Crippen molar-refractivity contribution in [2.45, 2.75) is 19.5 Å². The Bertz CT molecular complexity index is 940. The highest BCUT2D eigenvalue weighted by molar-refractivity contribution is 9.10. The Morgan fingerprint density at radius 1 is 1.04 bits per heavy atom. The van der Waals surface area contributed by atoms with Crippen molar-refractivity contribution in [2.24, 2.45) is 0 Å². The van der Waals surface area contributed by atoms with Crippen molar-refractivity contribution >= 4 is 33.6 Å². The second-order valence-electron chi connectivity index (χ2n) is 6.20. The van der Waals surface area contributed by atoms with E-state index in [1.54, 1.807) is 24.3 Å². The van der Waals surface area contributed by atoms with E-state index < -0.39 is 0 Å². The largest absolute Gasteiger partial charge is 0.459 e. The lowest BCUT2D eigenvalue weighted by Gasteiger charge is -2.16. The Morgan fingerprint density at radius 3 is 2.46 bits per heavy atom. The van der Waals surface area contributed by atoms with Gasteiger partial charge in [-0.3, -0.25) is 4.79 Å². The number of carbonyl (C=O) groups excluding carboxylic acids is 2. The van der Waals surface area contributed by atoms with E-state index in [0.29, 0.717) is 12.2 Å². The number of nitrogens with one attached hydrogen (secondary N) is 3. The summed E-state index contributed by atoms with van der Waals surface area (Å²) in [7, 11) is 0. The molecule has 1 aromatic heterocycles. The van der Waals surface area contributed by atoms with Gasteiger partial charge >= 0.3 is 6.03 Å². The fourth-order valence-corrected chi connectivity index (χ4v) is 3.27. The van der Waals surface area contributed by atoms with E-state index in [4.69, 9.17) is 4.42 Å². The van der Waals surface area contributed by atoms with Crippen LogP contribution in [0.1, 0.15) is 34.6 Å². The zero-order valence-electron chi connectivity index (χ0n) is 15.2. The third-order valence-electron chi connectivity index (χ3n) is 4.13. The van der Waals surface area contributed by atoms with Gasteiger partial charge in [0.25, 0.3) is 5.91 Å². The summed E-state index contributed by atoms with van der Waals surface area (Å²) in [6.07, 6.45) is 1.45. The zero-order chi connectivity index (χ0) is 19.9. The molecule has 0 saturated heterocycles. The van der Waals surface area contributed by atoms with E-state index in [-0.39, 0.29) is 23.7 Å². The third-order valence-corrected chi connectivity index (χ3v) is 4.85. The summed E-state index contributed by atoms with van der Waals surface area (Å²) in [5, 5.41) is 8.50. The van der Waals surface area contributed by atoms with Gasteiger partial charge in [-0.05, 0) is 48.4 Å². The normalized spacial score (nSPS) is 11.5. The molecule has 0 unspecified atom stereocenters. The van der Waals surface area contributed by atoms with Crippen LogP contribution in [0.25, 0.3) is 0 Å².